The number of nitrogens with zero attached hydrogens (tertiary/aromatic N) is 4. The van der Waals surface area contributed by atoms with Crippen LogP contribution in [0.15, 0.2) is 30.7 Å². The van der Waals surface area contributed by atoms with Crippen molar-refractivity contribution in [2.45, 2.75) is 58.4 Å². The molecule has 1 fully saturated rings. The van der Waals surface area contributed by atoms with Gasteiger partial charge in [0.15, 0.2) is 11.5 Å². The van der Waals surface area contributed by atoms with Gasteiger partial charge in [0.05, 0.1) is 5.02 Å². The smallest absolute Gasteiger partial charge is 0.434 e. The van der Waals surface area contributed by atoms with Crippen molar-refractivity contribution in [1.82, 2.24) is 19.5 Å². The van der Waals surface area contributed by atoms with E-state index in [0.717, 1.165) is 17.8 Å². The van der Waals surface area contributed by atoms with Crippen LogP contribution in [-0.4, -0.2) is 51.9 Å². The molecule has 1 N–H and O–H groups in total. The SMILES string of the molecule is Cc1cc(OCC2(C(=O)O)CC2)ncc1-c1cnc(-c2nc(C(F)(F)F)cn2COCC[Si](C)(C)C)c(Cl)c1. The molecule has 39 heavy (non-hydrogen) atoms. The van der Waals surface area contributed by atoms with Crippen molar-refractivity contribution in [3.05, 3.63) is 47.0 Å². The number of hydrogen-bond donors (Lipinski definition) is 1. The molecular weight excluding hydrogens is 553 g/mol. The highest BCUT2D eigenvalue weighted by Gasteiger charge is 2.51. The van der Waals surface area contributed by atoms with Gasteiger partial charge in [-0.25, -0.2) is 9.97 Å². The van der Waals surface area contributed by atoms with Gasteiger partial charge in [-0.2, -0.15) is 13.2 Å². The first kappa shape index (κ1) is 29.0. The highest BCUT2D eigenvalue weighted by Crippen LogP contribution is 2.46. The number of aliphatic carboxylic acids is 1. The minimum atomic E-state index is -4.64. The third kappa shape index (κ3) is 6.98. The summed E-state index contributed by atoms with van der Waals surface area (Å²) in [5.74, 6) is -0.619. The molecule has 0 aromatic carbocycles. The third-order valence-electron chi connectivity index (χ3n) is 6.55. The molecule has 13 heteroatoms. The number of ether oxygens (including phenoxy) is 2. The van der Waals surface area contributed by atoms with Crippen molar-refractivity contribution in [3.63, 3.8) is 0 Å². The Morgan fingerprint density at radius 3 is 2.49 bits per heavy atom. The third-order valence-corrected chi connectivity index (χ3v) is 8.54. The molecule has 0 spiro atoms. The first-order valence-corrected chi connectivity index (χ1v) is 16.5. The van der Waals surface area contributed by atoms with Gasteiger partial charge in [-0.1, -0.05) is 31.2 Å². The standard InChI is InChI=1S/C26H30ClF3N4O4Si/c1-16-9-21(38-14-25(5-6-25)24(35)36)31-12-18(16)17-10-19(27)22(32-11-17)23-33-20(26(28,29)30)13-34(23)15-37-7-8-39(2,3)4/h9-13H,5-8,14-15H2,1-4H3,(H,35,36). The molecule has 3 aromatic heterocycles. The predicted molar refractivity (Wildman–Crippen MR) is 142 cm³/mol. The number of aromatic nitrogens is 4. The molecule has 0 saturated heterocycles. The number of pyridine rings is 2. The first-order chi connectivity index (χ1) is 18.2. The van der Waals surface area contributed by atoms with Crippen molar-refractivity contribution in [2.75, 3.05) is 13.2 Å². The molecule has 1 aliphatic rings. The molecule has 0 atom stereocenters. The summed E-state index contributed by atoms with van der Waals surface area (Å²) in [6.45, 7) is 8.75. The Morgan fingerprint density at radius 1 is 1.21 bits per heavy atom. The molecular formula is C26H30ClF3N4O4Si. The molecule has 3 aromatic rings. The Labute approximate surface area is 230 Å². The highest BCUT2D eigenvalue weighted by molar-refractivity contribution is 6.76. The maximum absolute atomic E-state index is 13.5. The molecule has 0 bridgehead atoms. The maximum Gasteiger partial charge on any atom is 0.434 e. The van der Waals surface area contributed by atoms with Gasteiger partial charge < -0.3 is 19.1 Å². The van der Waals surface area contributed by atoms with Crippen molar-refractivity contribution in [3.8, 4) is 28.5 Å². The number of carbonyl (C=O) groups is 1. The molecule has 4 rings (SSSR count). The van der Waals surface area contributed by atoms with Crippen molar-refractivity contribution in [1.29, 1.82) is 0 Å². The second kappa shape index (κ2) is 10.9. The second-order valence-corrected chi connectivity index (χ2v) is 17.1. The van der Waals surface area contributed by atoms with Crippen LogP contribution in [0.3, 0.4) is 0 Å². The zero-order valence-corrected chi connectivity index (χ0v) is 23.9. The summed E-state index contributed by atoms with van der Waals surface area (Å²) in [6.07, 6.45) is 0.465. The van der Waals surface area contributed by atoms with Crippen LogP contribution in [-0.2, 0) is 22.4 Å². The maximum atomic E-state index is 13.5. The molecule has 0 unspecified atom stereocenters. The van der Waals surface area contributed by atoms with E-state index in [4.69, 9.17) is 21.1 Å². The van der Waals surface area contributed by atoms with Gasteiger partial charge in [-0.15, -0.1) is 0 Å². The summed E-state index contributed by atoms with van der Waals surface area (Å²) in [7, 11) is -1.37. The summed E-state index contributed by atoms with van der Waals surface area (Å²) in [5.41, 5.74) is 0.279. The number of imidazole rings is 1. The fourth-order valence-corrected chi connectivity index (χ4v) is 4.83. The quantitative estimate of drug-likeness (QED) is 0.202. The van der Waals surface area contributed by atoms with Crippen molar-refractivity contribution < 1.29 is 32.5 Å². The van der Waals surface area contributed by atoms with Crippen LogP contribution >= 0.6 is 11.6 Å². The molecule has 8 nitrogen and oxygen atoms in total. The summed E-state index contributed by atoms with van der Waals surface area (Å²) >= 11 is 6.52. The minimum absolute atomic E-state index is 0.0436. The number of carboxylic acid groups (broad SMARTS) is 1. The first-order valence-electron chi connectivity index (χ1n) is 12.4. The van der Waals surface area contributed by atoms with Gasteiger partial charge in [0.1, 0.15) is 24.4 Å². The molecule has 0 radical (unpaired) electrons. The topological polar surface area (TPSA) is 99.4 Å². The summed E-state index contributed by atoms with van der Waals surface area (Å²) in [4.78, 5) is 23.8. The number of alkyl halides is 3. The van der Waals surface area contributed by atoms with Gasteiger partial charge >= 0.3 is 12.1 Å². The van der Waals surface area contributed by atoms with E-state index in [1.54, 1.807) is 18.3 Å². The average Bonchev–Trinajstić information content (AvgIpc) is 3.51. The predicted octanol–water partition coefficient (Wildman–Crippen LogP) is 6.54. The van der Waals surface area contributed by atoms with Crippen LogP contribution in [0.2, 0.25) is 30.7 Å². The van der Waals surface area contributed by atoms with Gasteiger partial charge in [0.25, 0.3) is 0 Å². The summed E-state index contributed by atoms with van der Waals surface area (Å²) in [6, 6.07) is 4.15. The molecule has 3 heterocycles. The van der Waals surface area contributed by atoms with E-state index in [1.165, 1.54) is 10.8 Å². The Balaban J connectivity index is 1.55. The highest BCUT2D eigenvalue weighted by atomic mass is 35.5. The van der Waals surface area contributed by atoms with Gasteiger partial charge in [-0.3, -0.25) is 9.78 Å². The lowest BCUT2D eigenvalue weighted by Crippen LogP contribution is -2.23. The van der Waals surface area contributed by atoms with E-state index in [2.05, 4.69) is 34.6 Å². The summed E-state index contributed by atoms with van der Waals surface area (Å²) < 4.78 is 52.9. The van der Waals surface area contributed by atoms with Crippen LogP contribution in [0.4, 0.5) is 13.2 Å². The van der Waals surface area contributed by atoms with Gasteiger partial charge in [0, 0.05) is 50.5 Å². The Morgan fingerprint density at radius 2 is 1.92 bits per heavy atom. The number of carboxylic acids is 1. The minimum Gasteiger partial charge on any atom is -0.481 e. The average molecular weight is 583 g/mol. The van der Waals surface area contributed by atoms with Crippen LogP contribution in [0, 0.1) is 12.3 Å². The Kier molecular flexibility index (Phi) is 8.11. The fraction of sp³-hybridized carbons (Fsp3) is 0.462. The van der Waals surface area contributed by atoms with E-state index < -0.39 is 31.3 Å². The second-order valence-electron chi connectivity index (χ2n) is 11.0. The molecule has 1 aliphatic carbocycles. The van der Waals surface area contributed by atoms with E-state index >= 15 is 0 Å². The van der Waals surface area contributed by atoms with E-state index in [0.29, 0.717) is 36.5 Å². The molecule has 0 amide bonds. The van der Waals surface area contributed by atoms with Gasteiger partial charge in [0.2, 0.25) is 5.88 Å². The number of halogens is 4. The Hall–Kier alpha value is -2.96. The van der Waals surface area contributed by atoms with E-state index in [1.807, 2.05) is 6.92 Å². The fourth-order valence-electron chi connectivity index (χ4n) is 3.83. The van der Waals surface area contributed by atoms with Crippen molar-refractivity contribution >= 4 is 25.6 Å². The van der Waals surface area contributed by atoms with Crippen LogP contribution in [0.25, 0.3) is 22.6 Å². The zero-order chi connectivity index (χ0) is 28.6. The van der Waals surface area contributed by atoms with Crippen LogP contribution < -0.4 is 4.74 Å². The molecule has 1 saturated carbocycles. The van der Waals surface area contributed by atoms with E-state index in [9.17, 15) is 23.1 Å². The molecule has 0 aliphatic heterocycles. The lowest BCUT2D eigenvalue weighted by molar-refractivity contribution is -0.144. The van der Waals surface area contributed by atoms with Crippen molar-refractivity contribution in [2.24, 2.45) is 5.41 Å². The monoisotopic (exact) mass is 582 g/mol. The zero-order valence-electron chi connectivity index (χ0n) is 22.1. The van der Waals surface area contributed by atoms with Gasteiger partial charge in [-0.05, 0) is 37.4 Å². The lowest BCUT2D eigenvalue weighted by atomic mass is 10.0. The number of aryl methyl sites for hydroxylation is 1. The van der Waals surface area contributed by atoms with E-state index in [-0.39, 0.29) is 29.9 Å². The normalized spacial score (nSPS) is 14.9. The Bertz CT molecular complexity index is 1370. The summed E-state index contributed by atoms with van der Waals surface area (Å²) in [5, 5.41) is 9.43. The number of rotatable bonds is 11. The number of hydrogen-bond acceptors (Lipinski definition) is 6. The lowest BCUT2D eigenvalue weighted by Gasteiger charge is -2.16. The van der Waals surface area contributed by atoms with Crippen LogP contribution in [0.1, 0.15) is 24.1 Å². The van der Waals surface area contributed by atoms with Crippen LogP contribution in [0.5, 0.6) is 5.88 Å². The molecule has 210 valence electrons. The largest absolute Gasteiger partial charge is 0.481 e.